The molecular formula is C13H16ClN5S. The molecule has 1 fully saturated rings. The number of nitrogens with zero attached hydrogens (tertiary/aromatic N) is 5. The van der Waals surface area contributed by atoms with Crippen molar-refractivity contribution in [2.45, 2.75) is 13.5 Å². The molecule has 3 heterocycles. The predicted octanol–water partition coefficient (Wildman–Crippen LogP) is 2.22. The van der Waals surface area contributed by atoms with Gasteiger partial charge in [0.2, 0.25) is 0 Å². The maximum atomic E-state index is 6.19. The summed E-state index contributed by atoms with van der Waals surface area (Å²) in [5.41, 5.74) is 0. The first kappa shape index (κ1) is 13.7. The molecule has 0 amide bonds. The lowest BCUT2D eigenvalue weighted by Crippen LogP contribution is -2.46. The third-order valence-corrected chi connectivity index (χ3v) is 4.46. The summed E-state index contributed by atoms with van der Waals surface area (Å²) in [6, 6.07) is 3.75. The van der Waals surface area contributed by atoms with E-state index in [1.807, 2.05) is 19.1 Å². The van der Waals surface area contributed by atoms with Crippen LogP contribution in [0, 0.1) is 6.92 Å². The quantitative estimate of drug-likeness (QED) is 0.870. The maximum Gasteiger partial charge on any atom is 0.147 e. The Labute approximate surface area is 127 Å². The van der Waals surface area contributed by atoms with Crippen LogP contribution < -0.4 is 4.90 Å². The van der Waals surface area contributed by atoms with Gasteiger partial charge >= 0.3 is 0 Å². The maximum absolute atomic E-state index is 6.19. The van der Waals surface area contributed by atoms with Crippen molar-refractivity contribution in [2.24, 2.45) is 0 Å². The van der Waals surface area contributed by atoms with Gasteiger partial charge in [0.15, 0.2) is 0 Å². The Hall–Kier alpha value is -1.24. The summed E-state index contributed by atoms with van der Waals surface area (Å²) in [7, 11) is 0. The fourth-order valence-electron chi connectivity index (χ4n) is 2.32. The molecule has 0 aromatic carbocycles. The zero-order chi connectivity index (χ0) is 13.9. The number of anilines is 1. The first-order valence-corrected chi connectivity index (χ1v) is 7.78. The van der Waals surface area contributed by atoms with E-state index in [2.05, 4.69) is 25.0 Å². The van der Waals surface area contributed by atoms with Crippen molar-refractivity contribution in [1.82, 2.24) is 20.1 Å². The van der Waals surface area contributed by atoms with Crippen LogP contribution in [0.1, 0.15) is 10.0 Å². The zero-order valence-corrected chi connectivity index (χ0v) is 12.9. The van der Waals surface area contributed by atoms with E-state index >= 15 is 0 Å². The highest BCUT2D eigenvalue weighted by molar-refractivity contribution is 7.11. The van der Waals surface area contributed by atoms with Crippen LogP contribution in [0.25, 0.3) is 0 Å². The summed E-state index contributed by atoms with van der Waals surface area (Å²) < 4.78 is 0. The van der Waals surface area contributed by atoms with Crippen molar-refractivity contribution >= 4 is 28.8 Å². The molecule has 1 saturated heterocycles. The molecule has 1 aliphatic rings. The lowest BCUT2D eigenvalue weighted by Gasteiger charge is -2.35. The average molecular weight is 310 g/mol. The molecule has 20 heavy (non-hydrogen) atoms. The molecule has 0 atom stereocenters. The molecule has 3 rings (SSSR count). The topological polar surface area (TPSA) is 45.2 Å². The first-order valence-electron chi connectivity index (χ1n) is 6.59. The Kier molecular flexibility index (Phi) is 4.14. The molecule has 2 aromatic heterocycles. The Morgan fingerprint density at radius 3 is 2.70 bits per heavy atom. The molecule has 0 bridgehead atoms. The number of piperazine rings is 1. The highest BCUT2D eigenvalue weighted by Crippen LogP contribution is 2.23. The molecule has 7 heteroatoms. The summed E-state index contributed by atoms with van der Waals surface area (Å²) in [5.74, 6) is 0.889. The number of hydrogen-bond acceptors (Lipinski definition) is 6. The number of aromatic nitrogens is 3. The Morgan fingerprint density at radius 2 is 2.05 bits per heavy atom. The van der Waals surface area contributed by atoms with E-state index < -0.39 is 0 Å². The molecule has 0 N–H and O–H groups in total. The lowest BCUT2D eigenvalue weighted by atomic mass is 10.3. The third kappa shape index (κ3) is 3.08. The van der Waals surface area contributed by atoms with Crippen molar-refractivity contribution in [1.29, 1.82) is 0 Å². The van der Waals surface area contributed by atoms with Gasteiger partial charge in [0.25, 0.3) is 0 Å². The summed E-state index contributed by atoms with van der Waals surface area (Å²) in [6.45, 7) is 6.73. The minimum absolute atomic E-state index is 0.723. The highest BCUT2D eigenvalue weighted by Gasteiger charge is 2.20. The van der Waals surface area contributed by atoms with E-state index in [4.69, 9.17) is 11.6 Å². The normalized spacial score (nSPS) is 16.6. The monoisotopic (exact) mass is 309 g/mol. The largest absolute Gasteiger partial charge is 0.353 e. The van der Waals surface area contributed by atoms with Crippen LogP contribution in [0.3, 0.4) is 0 Å². The highest BCUT2D eigenvalue weighted by atomic mass is 35.5. The van der Waals surface area contributed by atoms with Crippen LogP contribution in [0.15, 0.2) is 18.3 Å². The van der Waals surface area contributed by atoms with Crippen molar-refractivity contribution < 1.29 is 0 Å². The van der Waals surface area contributed by atoms with E-state index in [1.165, 1.54) is 0 Å². The summed E-state index contributed by atoms with van der Waals surface area (Å²) >= 11 is 7.86. The van der Waals surface area contributed by atoms with Crippen LogP contribution in [-0.2, 0) is 6.54 Å². The van der Waals surface area contributed by atoms with E-state index in [0.717, 1.165) is 53.6 Å². The van der Waals surface area contributed by atoms with Crippen molar-refractivity contribution in [3.05, 3.63) is 33.4 Å². The van der Waals surface area contributed by atoms with Crippen LogP contribution in [0.5, 0.6) is 0 Å². The van der Waals surface area contributed by atoms with Gasteiger partial charge in [-0.1, -0.05) is 11.6 Å². The molecule has 0 radical (unpaired) electrons. The fourth-order valence-corrected chi connectivity index (χ4v) is 3.31. The minimum Gasteiger partial charge on any atom is -0.353 e. The number of halogens is 1. The van der Waals surface area contributed by atoms with Crippen LogP contribution in [0.2, 0.25) is 5.02 Å². The molecule has 0 spiro atoms. The molecule has 2 aromatic rings. The molecule has 0 saturated carbocycles. The average Bonchev–Trinajstić information content (AvgIpc) is 2.86. The summed E-state index contributed by atoms with van der Waals surface area (Å²) in [4.78, 5) is 9.01. The fraction of sp³-hybridized carbons (Fsp3) is 0.462. The van der Waals surface area contributed by atoms with Gasteiger partial charge in [-0.25, -0.2) is 4.98 Å². The second-order valence-corrected chi connectivity index (χ2v) is 6.46. The SMILES string of the molecule is Cc1nnc(CN2CCN(c3ncccc3Cl)CC2)s1. The molecule has 0 unspecified atom stereocenters. The van der Waals surface area contributed by atoms with Crippen LogP contribution in [-0.4, -0.2) is 46.3 Å². The van der Waals surface area contributed by atoms with Crippen molar-refractivity contribution in [3.8, 4) is 0 Å². The second-order valence-electron chi connectivity index (χ2n) is 4.79. The van der Waals surface area contributed by atoms with Crippen LogP contribution >= 0.6 is 22.9 Å². The minimum atomic E-state index is 0.723. The molecule has 0 aliphatic carbocycles. The van der Waals surface area contributed by atoms with E-state index in [9.17, 15) is 0 Å². The predicted molar refractivity (Wildman–Crippen MR) is 81.4 cm³/mol. The van der Waals surface area contributed by atoms with Crippen molar-refractivity contribution in [2.75, 3.05) is 31.1 Å². The lowest BCUT2D eigenvalue weighted by molar-refractivity contribution is 0.248. The van der Waals surface area contributed by atoms with E-state index in [1.54, 1.807) is 17.5 Å². The number of aryl methyl sites for hydroxylation is 1. The molecule has 5 nitrogen and oxygen atoms in total. The van der Waals surface area contributed by atoms with E-state index in [0.29, 0.717) is 0 Å². The van der Waals surface area contributed by atoms with Gasteiger partial charge in [0.05, 0.1) is 11.6 Å². The summed E-state index contributed by atoms with van der Waals surface area (Å²) in [6.07, 6.45) is 1.79. The van der Waals surface area contributed by atoms with Gasteiger partial charge in [0.1, 0.15) is 15.8 Å². The Balaban J connectivity index is 1.58. The number of hydrogen-bond donors (Lipinski definition) is 0. The third-order valence-electron chi connectivity index (χ3n) is 3.34. The van der Waals surface area contributed by atoms with Gasteiger partial charge in [0, 0.05) is 32.4 Å². The van der Waals surface area contributed by atoms with Gasteiger partial charge < -0.3 is 4.90 Å². The van der Waals surface area contributed by atoms with Crippen molar-refractivity contribution in [3.63, 3.8) is 0 Å². The standard InChI is InChI=1S/C13H16ClN5S/c1-10-16-17-12(20-10)9-18-5-7-19(8-6-18)13-11(14)3-2-4-15-13/h2-4H,5-9H2,1H3. The Morgan fingerprint density at radius 1 is 1.25 bits per heavy atom. The molecule has 1 aliphatic heterocycles. The zero-order valence-electron chi connectivity index (χ0n) is 11.3. The molecular weight excluding hydrogens is 294 g/mol. The van der Waals surface area contributed by atoms with Gasteiger partial charge in [-0.15, -0.1) is 21.5 Å². The molecule has 106 valence electrons. The number of pyridine rings is 1. The van der Waals surface area contributed by atoms with Crippen LogP contribution in [0.4, 0.5) is 5.82 Å². The Bertz CT molecular complexity index is 580. The number of rotatable bonds is 3. The second kappa shape index (κ2) is 6.03. The van der Waals surface area contributed by atoms with Gasteiger partial charge in [-0.2, -0.15) is 0 Å². The smallest absolute Gasteiger partial charge is 0.147 e. The van der Waals surface area contributed by atoms with Gasteiger partial charge in [-0.3, -0.25) is 4.90 Å². The van der Waals surface area contributed by atoms with Gasteiger partial charge in [-0.05, 0) is 19.1 Å². The van der Waals surface area contributed by atoms with E-state index in [-0.39, 0.29) is 0 Å². The summed E-state index contributed by atoms with van der Waals surface area (Å²) in [5, 5.41) is 11.1. The first-order chi connectivity index (χ1) is 9.72.